The zero-order valence-corrected chi connectivity index (χ0v) is 12.1. The van der Waals surface area contributed by atoms with Gasteiger partial charge in [0.05, 0.1) is 0 Å². The summed E-state index contributed by atoms with van der Waals surface area (Å²) in [5.41, 5.74) is 5.90. The molecule has 0 aliphatic heterocycles. The minimum absolute atomic E-state index is 0. The van der Waals surface area contributed by atoms with Crippen LogP contribution in [0.25, 0.3) is 0 Å². The van der Waals surface area contributed by atoms with Crippen molar-refractivity contribution in [1.82, 2.24) is 5.32 Å². The summed E-state index contributed by atoms with van der Waals surface area (Å²) in [6.07, 6.45) is 6.20. The van der Waals surface area contributed by atoms with Crippen LogP contribution in [0, 0.1) is 5.41 Å². The Morgan fingerprint density at radius 2 is 2.12 bits per heavy atom. The molecule has 2 unspecified atom stereocenters. The Balaban J connectivity index is 0.00000256. The molecule has 0 bridgehead atoms. The Kier molecular flexibility index (Phi) is 7.10. The van der Waals surface area contributed by atoms with Crippen molar-refractivity contribution in [3.63, 3.8) is 0 Å². The fourth-order valence-electron chi connectivity index (χ4n) is 2.39. The highest BCUT2D eigenvalue weighted by Gasteiger charge is 2.32. The Morgan fingerprint density at radius 1 is 1.47 bits per heavy atom. The van der Waals surface area contributed by atoms with E-state index in [9.17, 15) is 4.79 Å². The SMILES string of the molecule is CC(N)CCC(=O)NC1CCCCC1(C)C.Cl. The molecule has 1 amide bonds. The molecule has 1 aliphatic carbocycles. The molecule has 2 atom stereocenters. The van der Waals surface area contributed by atoms with Crippen LogP contribution in [-0.2, 0) is 4.79 Å². The first-order valence-corrected chi connectivity index (χ1v) is 6.47. The topological polar surface area (TPSA) is 55.1 Å². The van der Waals surface area contributed by atoms with Crippen LogP contribution in [-0.4, -0.2) is 18.0 Å². The molecule has 1 aliphatic rings. The van der Waals surface area contributed by atoms with E-state index in [0.29, 0.717) is 12.5 Å². The number of hydrogen-bond donors (Lipinski definition) is 2. The first kappa shape index (κ1) is 16.7. The lowest BCUT2D eigenvalue weighted by Crippen LogP contribution is -2.46. The van der Waals surface area contributed by atoms with Crippen molar-refractivity contribution in [2.24, 2.45) is 11.1 Å². The number of halogens is 1. The summed E-state index contributed by atoms with van der Waals surface area (Å²) in [5.74, 6) is 0.164. The molecule has 3 nitrogen and oxygen atoms in total. The maximum absolute atomic E-state index is 11.7. The summed E-state index contributed by atoms with van der Waals surface area (Å²) in [6, 6.07) is 0.465. The monoisotopic (exact) mass is 262 g/mol. The van der Waals surface area contributed by atoms with Gasteiger partial charge in [0.25, 0.3) is 0 Å². The van der Waals surface area contributed by atoms with Gasteiger partial charge in [0.2, 0.25) is 5.91 Å². The van der Waals surface area contributed by atoms with Gasteiger partial charge in [-0.15, -0.1) is 12.4 Å². The molecule has 0 heterocycles. The fraction of sp³-hybridized carbons (Fsp3) is 0.923. The minimum Gasteiger partial charge on any atom is -0.353 e. The Hall–Kier alpha value is -0.280. The van der Waals surface area contributed by atoms with Crippen LogP contribution in [0.3, 0.4) is 0 Å². The second kappa shape index (κ2) is 7.22. The Bertz CT molecular complexity index is 242. The van der Waals surface area contributed by atoms with E-state index in [1.54, 1.807) is 0 Å². The molecule has 0 aromatic heterocycles. The molecule has 0 saturated heterocycles. The van der Waals surface area contributed by atoms with E-state index in [1.807, 2.05) is 6.92 Å². The minimum atomic E-state index is 0. The predicted molar refractivity (Wildman–Crippen MR) is 74.3 cm³/mol. The summed E-state index contributed by atoms with van der Waals surface area (Å²) >= 11 is 0. The van der Waals surface area contributed by atoms with Crippen LogP contribution in [0.1, 0.15) is 59.3 Å². The molecular weight excluding hydrogens is 236 g/mol. The molecule has 4 heteroatoms. The number of amides is 1. The van der Waals surface area contributed by atoms with Crippen molar-refractivity contribution >= 4 is 18.3 Å². The number of nitrogens with one attached hydrogen (secondary N) is 1. The summed E-state index contributed by atoms with van der Waals surface area (Å²) < 4.78 is 0. The molecule has 1 saturated carbocycles. The lowest BCUT2D eigenvalue weighted by molar-refractivity contribution is -0.123. The van der Waals surface area contributed by atoms with E-state index < -0.39 is 0 Å². The molecule has 0 spiro atoms. The highest BCUT2D eigenvalue weighted by Crippen LogP contribution is 2.35. The van der Waals surface area contributed by atoms with Gasteiger partial charge in [0.1, 0.15) is 0 Å². The predicted octanol–water partition coefficient (Wildman–Crippen LogP) is 2.62. The van der Waals surface area contributed by atoms with Crippen LogP contribution in [0.15, 0.2) is 0 Å². The van der Waals surface area contributed by atoms with Gasteiger partial charge in [0, 0.05) is 18.5 Å². The molecule has 17 heavy (non-hydrogen) atoms. The first-order valence-electron chi connectivity index (χ1n) is 6.47. The smallest absolute Gasteiger partial charge is 0.220 e. The van der Waals surface area contributed by atoms with E-state index in [-0.39, 0.29) is 29.8 Å². The fourth-order valence-corrected chi connectivity index (χ4v) is 2.39. The number of carbonyl (C=O) groups is 1. The van der Waals surface area contributed by atoms with Crippen LogP contribution in [0.5, 0.6) is 0 Å². The molecule has 0 aromatic carbocycles. The van der Waals surface area contributed by atoms with E-state index in [4.69, 9.17) is 5.73 Å². The number of nitrogens with two attached hydrogens (primary N) is 1. The largest absolute Gasteiger partial charge is 0.353 e. The maximum atomic E-state index is 11.7. The molecule has 1 fully saturated rings. The summed E-state index contributed by atoms with van der Waals surface area (Å²) in [4.78, 5) is 11.7. The lowest BCUT2D eigenvalue weighted by Gasteiger charge is -2.39. The molecule has 102 valence electrons. The highest BCUT2D eigenvalue weighted by molar-refractivity contribution is 5.85. The van der Waals surface area contributed by atoms with Crippen molar-refractivity contribution in [3.05, 3.63) is 0 Å². The van der Waals surface area contributed by atoms with E-state index in [2.05, 4.69) is 19.2 Å². The van der Waals surface area contributed by atoms with Crippen molar-refractivity contribution in [2.75, 3.05) is 0 Å². The van der Waals surface area contributed by atoms with Gasteiger partial charge in [-0.05, 0) is 31.6 Å². The molecule has 0 aromatic rings. The van der Waals surface area contributed by atoms with Gasteiger partial charge >= 0.3 is 0 Å². The third-order valence-electron chi connectivity index (χ3n) is 3.67. The number of hydrogen-bond acceptors (Lipinski definition) is 2. The maximum Gasteiger partial charge on any atom is 0.220 e. The Morgan fingerprint density at radius 3 is 2.65 bits per heavy atom. The third kappa shape index (κ3) is 5.73. The Labute approximate surface area is 111 Å². The summed E-state index contributed by atoms with van der Waals surface area (Å²) in [6.45, 7) is 6.45. The third-order valence-corrected chi connectivity index (χ3v) is 3.67. The van der Waals surface area contributed by atoms with Crippen molar-refractivity contribution in [3.8, 4) is 0 Å². The quantitative estimate of drug-likeness (QED) is 0.818. The lowest BCUT2D eigenvalue weighted by atomic mass is 9.73. The van der Waals surface area contributed by atoms with E-state index >= 15 is 0 Å². The second-order valence-electron chi connectivity index (χ2n) is 5.87. The number of carbonyl (C=O) groups excluding carboxylic acids is 1. The van der Waals surface area contributed by atoms with Crippen LogP contribution in [0.4, 0.5) is 0 Å². The molecular formula is C13H27ClN2O. The normalized spacial score (nSPS) is 24.6. The first-order chi connectivity index (χ1) is 7.42. The van der Waals surface area contributed by atoms with Crippen LogP contribution >= 0.6 is 12.4 Å². The van der Waals surface area contributed by atoms with Gasteiger partial charge in [-0.3, -0.25) is 4.79 Å². The zero-order chi connectivity index (χ0) is 12.2. The van der Waals surface area contributed by atoms with Crippen molar-refractivity contribution < 1.29 is 4.79 Å². The van der Waals surface area contributed by atoms with Gasteiger partial charge in [-0.25, -0.2) is 0 Å². The van der Waals surface area contributed by atoms with Gasteiger partial charge in [0.15, 0.2) is 0 Å². The van der Waals surface area contributed by atoms with Gasteiger partial charge in [-0.2, -0.15) is 0 Å². The van der Waals surface area contributed by atoms with Crippen molar-refractivity contribution in [1.29, 1.82) is 0 Å². The summed E-state index contributed by atoms with van der Waals surface area (Å²) in [7, 11) is 0. The standard InChI is InChI=1S/C13H26N2O.ClH/c1-10(14)7-8-12(16)15-11-6-4-5-9-13(11,2)3;/h10-11H,4-9,14H2,1-3H3,(H,15,16);1H. The van der Waals surface area contributed by atoms with Gasteiger partial charge in [-0.1, -0.05) is 26.7 Å². The van der Waals surface area contributed by atoms with E-state index in [1.165, 1.54) is 19.3 Å². The van der Waals surface area contributed by atoms with E-state index in [0.717, 1.165) is 12.8 Å². The molecule has 1 rings (SSSR count). The number of rotatable bonds is 4. The summed E-state index contributed by atoms with van der Waals surface area (Å²) in [5, 5.41) is 3.17. The highest BCUT2D eigenvalue weighted by atomic mass is 35.5. The molecule has 3 N–H and O–H groups in total. The van der Waals surface area contributed by atoms with Gasteiger partial charge < -0.3 is 11.1 Å². The second-order valence-corrected chi connectivity index (χ2v) is 5.87. The average molecular weight is 263 g/mol. The van der Waals surface area contributed by atoms with Crippen LogP contribution in [0.2, 0.25) is 0 Å². The van der Waals surface area contributed by atoms with Crippen molar-refractivity contribution in [2.45, 2.75) is 71.4 Å². The zero-order valence-electron chi connectivity index (χ0n) is 11.3. The average Bonchev–Trinajstić information content (AvgIpc) is 2.18. The molecule has 0 radical (unpaired) electrons. The van der Waals surface area contributed by atoms with Crippen LogP contribution < -0.4 is 11.1 Å².